The van der Waals surface area contributed by atoms with Crippen molar-refractivity contribution in [3.63, 3.8) is 0 Å². The average molecular weight is 480 g/mol. The molecular formula is C24H26FN7O3. The molecular weight excluding hydrogens is 453 g/mol. The lowest BCUT2D eigenvalue weighted by atomic mass is 9.84. The van der Waals surface area contributed by atoms with Crippen molar-refractivity contribution in [1.82, 2.24) is 20.3 Å². The zero-order chi connectivity index (χ0) is 24.5. The Morgan fingerprint density at radius 2 is 1.94 bits per heavy atom. The number of fused-ring (bicyclic) bond motifs is 2. The molecule has 2 aliphatic heterocycles. The molecule has 3 aliphatic rings. The number of anilines is 2. The third-order valence-corrected chi connectivity index (χ3v) is 6.72. The van der Waals surface area contributed by atoms with E-state index in [9.17, 15) is 18.8 Å². The molecule has 0 radical (unpaired) electrons. The molecule has 1 atom stereocenters. The fourth-order valence-electron chi connectivity index (χ4n) is 4.97. The first-order chi connectivity index (χ1) is 16.9. The Labute approximate surface area is 201 Å². The first-order valence-corrected chi connectivity index (χ1v) is 11.8. The number of nitrogens with zero attached hydrogens (tertiary/aromatic N) is 5. The number of hydrazone groups is 1. The quantitative estimate of drug-likeness (QED) is 0.680. The Balaban J connectivity index is 1.46. The van der Waals surface area contributed by atoms with Gasteiger partial charge in [-0.05, 0) is 37.0 Å². The Hall–Kier alpha value is -3.89. The molecule has 0 bridgehead atoms. The molecule has 2 aromatic heterocycles. The second-order valence-electron chi connectivity index (χ2n) is 8.97. The summed E-state index contributed by atoms with van der Waals surface area (Å²) >= 11 is 0. The van der Waals surface area contributed by atoms with E-state index in [1.54, 1.807) is 4.90 Å². The predicted octanol–water partition coefficient (Wildman–Crippen LogP) is 2.54. The van der Waals surface area contributed by atoms with Crippen molar-refractivity contribution >= 4 is 35.1 Å². The highest BCUT2D eigenvalue weighted by atomic mass is 19.1. The summed E-state index contributed by atoms with van der Waals surface area (Å²) in [5.41, 5.74) is 1.42. The lowest BCUT2D eigenvalue weighted by Crippen LogP contribution is -2.53. The van der Waals surface area contributed by atoms with E-state index < -0.39 is 17.9 Å². The van der Waals surface area contributed by atoms with E-state index in [2.05, 4.69) is 20.6 Å². The van der Waals surface area contributed by atoms with Gasteiger partial charge in [0.2, 0.25) is 5.91 Å². The van der Waals surface area contributed by atoms with Crippen molar-refractivity contribution < 1.29 is 18.8 Å². The van der Waals surface area contributed by atoms with Gasteiger partial charge in [-0.2, -0.15) is 5.10 Å². The number of carbonyl (C=O) groups is 3. The molecule has 182 valence electrons. The van der Waals surface area contributed by atoms with Crippen LogP contribution in [0.25, 0.3) is 0 Å². The fourth-order valence-corrected chi connectivity index (χ4v) is 4.97. The summed E-state index contributed by atoms with van der Waals surface area (Å²) in [5.74, 6) is -0.745. The summed E-state index contributed by atoms with van der Waals surface area (Å²) in [7, 11) is 1.50. The molecule has 2 N–H and O–H groups in total. The molecule has 3 amide bonds. The zero-order valence-corrected chi connectivity index (χ0v) is 19.3. The number of pyridine rings is 2. The molecule has 1 fully saturated rings. The van der Waals surface area contributed by atoms with Crippen molar-refractivity contribution in [3.8, 4) is 0 Å². The molecule has 5 rings (SSSR count). The van der Waals surface area contributed by atoms with Crippen LogP contribution in [0.3, 0.4) is 0 Å². The highest BCUT2D eigenvalue weighted by Crippen LogP contribution is 2.37. The number of aromatic nitrogens is 2. The van der Waals surface area contributed by atoms with Gasteiger partial charge < -0.3 is 15.5 Å². The van der Waals surface area contributed by atoms with Crippen molar-refractivity contribution in [3.05, 3.63) is 47.5 Å². The van der Waals surface area contributed by atoms with Crippen LogP contribution in [0, 0.1) is 11.7 Å². The van der Waals surface area contributed by atoms with Gasteiger partial charge in [0.05, 0.1) is 17.3 Å². The van der Waals surface area contributed by atoms with Gasteiger partial charge in [0, 0.05) is 25.4 Å². The van der Waals surface area contributed by atoms with Crippen LogP contribution in [0.5, 0.6) is 0 Å². The van der Waals surface area contributed by atoms with Gasteiger partial charge in [-0.25, -0.2) is 19.4 Å². The number of amides is 3. The minimum atomic E-state index is -0.503. The molecule has 1 saturated carbocycles. The molecule has 0 saturated heterocycles. The number of halogens is 1. The van der Waals surface area contributed by atoms with Gasteiger partial charge in [0.25, 0.3) is 11.8 Å². The summed E-state index contributed by atoms with van der Waals surface area (Å²) in [6.07, 6.45) is 8.00. The molecule has 11 heteroatoms. The number of nitrogens with one attached hydrogen (secondary N) is 2. The van der Waals surface area contributed by atoms with E-state index in [-0.39, 0.29) is 35.3 Å². The monoisotopic (exact) mass is 479 g/mol. The third-order valence-electron chi connectivity index (χ3n) is 6.72. The van der Waals surface area contributed by atoms with E-state index >= 15 is 0 Å². The normalized spacial score (nSPS) is 19.7. The SMILES string of the molecule is CNC(=O)c1cnc2c(c1)C(=O)N1N=C(C3CCCCC3)CC1N2CC(=O)Nc1ccc(F)cn1. The maximum atomic E-state index is 13.4. The fraction of sp³-hybridized carbons (Fsp3) is 0.417. The van der Waals surface area contributed by atoms with Gasteiger partial charge in [-0.1, -0.05) is 19.3 Å². The van der Waals surface area contributed by atoms with Gasteiger partial charge in [0.15, 0.2) is 0 Å². The van der Waals surface area contributed by atoms with Crippen molar-refractivity contribution in [1.29, 1.82) is 0 Å². The average Bonchev–Trinajstić information content (AvgIpc) is 3.33. The van der Waals surface area contributed by atoms with E-state index in [4.69, 9.17) is 5.10 Å². The Morgan fingerprint density at radius 3 is 2.66 bits per heavy atom. The van der Waals surface area contributed by atoms with Crippen LogP contribution >= 0.6 is 0 Å². The van der Waals surface area contributed by atoms with Crippen molar-refractivity contribution in [2.45, 2.75) is 44.7 Å². The van der Waals surface area contributed by atoms with Gasteiger partial charge >= 0.3 is 0 Å². The Morgan fingerprint density at radius 1 is 1.14 bits per heavy atom. The molecule has 1 aliphatic carbocycles. The standard InChI is InChI=1S/C24H26FN7O3/c1-26-23(34)15-9-17-22(28-11-15)31(13-20(33)29-19-8-7-16(25)12-27-19)21-10-18(30-32(21)24(17)35)14-5-3-2-4-6-14/h7-9,11-12,14,21H,2-6,10,13H2,1H3,(H,26,34)(H,27,29,33). The third kappa shape index (κ3) is 4.45. The second-order valence-corrected chi connectivity index (χ2v) is 8.97. The van der Waals surface area contributed by atoms with E-state index in [1.165, 1.54) is 42.9 Å². The van der Waals surface area contributed by atoms with Crippen LogP contribution in [-0.4, -0.2) is 58.2 Å². The molecule has 1 unspecified atom stereocenters. The molecule has 4 heterocycles. The second kappa shape index (κ2) is 9.40. The predicted molar refractivity (Wildman–Crippen MR) is 126 cm³/mol. The summed E-state index contributed by atoms with van der Waals surface area (Å²) in [5, 5.41) is 11.3. The van der Waals surface area contributed by atoms with Crippen LogP contribution in [-0.2, 0) is 4.79 Å². The number of rotatable bonds is 5. The van der Waals surface area contributed by atoms with Gasteiger partial charge in [0.1, 0.15) is 30.2 Å². The van der Waals surface area contributed by atoms with E-state index in [0.717, 1.165) is 37.6 Å². The van der Waals surface area contributed by atoms with Crippen LogP contribution in [0.1, 0.15) is 59.2 Å². The lowest BCUT2D eigenvalue weighted by molar-refractivity contribution is -0.115. The van der Waals surface area contributed by atoms with Crippen LogP contribution in [0.2, 0.25) is 0 Å². The smallest absolute Gasteiger partial charge is 0.279 e. The number of hydrogen-bond donors (Lipinski definition) is 2. The summed E-state index contributed by atoms with van der Waals surface area (Å²) in [6, 6.07) is 4.07. The largest absolute Gasteiger partial charge is 0.355 e. The highest BCUT2D eigenvalue weighted by molar-refractivity contribution is 6.07. The molecule has 0 aromatic carbocycles. The van der Waals surface area contributed by atoms with Crippen LogP contribution in [0.15, 0.2) is 35.7 Å². The lowest BCUT2D eigenvalue weighted by Gasteiger charge is -2.39. The summed E-state index contributed by atoms with van der Waals surface area (Å²) < 4.78 is 13.2. The maximum Gasteiger partial charge on any atom is 0.279 e. The zero-order valence-electron chi connectivity index (χ0n) is 19.3. The van der Waals surface area contributed by atoms with Gasteiger partial charge in [-0.15, -0.1) is 0 Å². The molecule has 10 nitrogen and oxygen atoms in total. The summed E-state index contributed by atoms with van der Waals surface area (Å²) in [4.78, 5) is 48.5. The summed E-state index contributed by atoms with van der Waals surface area (Å²) in [6.45, 7) is -0.125. The molecule has 2 aromatic rings. The van der Waals surface area contributed by atoms with Crippen LogP contribution < -0.4 is 15.5 Å². The Bertz CT molecular complexity index is 1190. The van der Waals surface area contributed by atoms with E-state index in [0.29, 0.717) is 18.2 Å². The van der Waals surface area contributed by atoms with Gasteiger partial charge in [-0.3, -0.25) is 14.4 Å². The number of hydrogen-bond acceptors (Lipinski definition) is 7. The van der Waals surface area contributed by atoms with E-state index in [1.807, 2.05) is 0 Å². The number of carbonyl (C=O) groups excluding carboxylic acids is 3. The van der Waals surface area contributed by atoms with Crippen molar-refractivity contribution in [2.24, 2.45) is 11.0 Å². The highest BCUT2D eigenvalue weighted by Gasteiger charge is 2.45. The maximum absolute atomic E-state index is 13.4. The van der Waals surface area contributed by atoms with Crippen LogP contribution in [0.4, 0.5) is 16.0 Å². The minimum absolute atomic E-state index is 0.125. The first-order valence-electron chi connectivity index (χ1n) is 11.8. The Kier molecular flexibility index (Phi) is 6.14. The first kappa shape index (κ1) is 22.9. The minimum Gasteiger partial charge on any atom is -0.355 e. The molecule has 35 heavy (non-hydrogen) atoms. The molecule has 0 spiro atoms. The topological polar surface area (TPSA) is 120 Å². The van der Waals surface area contributed by atoms with Crippen molar-refractivity contribution in [2.75, 3.05) is 23.8 Å².